The normalized spacial score (nSPS) is 12.3. The molecule has 0 saturated carbocycles. The van der Waals surface area contributed by atoms with E-state index in [0.717, 1.165) is 5.56 Å². The molecule has 124 valence electrons. The van der Waals surface area contributed by atoms with E-state index in [1.165, 1.54) is 0 Å². The molecule has 0 unspecified atom stereocenters. The van der Waals surface area contributed by atoms with Crippen LogP contribution in [0, 0.1) is 24.0 Å². The van der Waals surface area contributed by atoms with Gasteiger partial charge in [0.25, 0.3) is 5.89 Å². The van der Waals surface area contributed by atoms with Crippen LogP contribution in [0.1, 0.15) is 41.6 Å². The SMILES string of the molecule is Cc1nn([C@H](C)c2nc(Cc3ccccc3)no2)c(C)c1[N+](=O)[O-]. The molecule has 0 radical (unpaired) electrons. The van der Waals surface area contributed by atoms with E-state index in [1.54, 1.807) is 18.5 Å². The number of aryl methyl sites for hydroxylation is 1. The highest BCUT2D eigenvalue weighted by molar-refractivity contribution is 5.40. The Morgan fingerprint density at radius 1 is 1.29 bits per heavy atom. The molecule has 0 N–H and O–H groups in total. The van der Waals surface area contributed by atoms with Crippen LogP contribution < -0.4 is 0 Å². The molecule has 0 spiro atoms. The molecule has 0 amide bonds. The van der Waals surface area contributed by atoms with Crippen molar-refractivity contribution in [3.63, 3.8) is 0 Å². The summed E-state index contributed by atoms with van der Waals surface area (Å²) in [5, 5.41) is 19.4. The van der Waals surface area contributed by atoms with Crippen molar-refractivity contribution in [1.82, 2.24) is 19.9 Å². The zero-order chi connectivity index (χ0) is 17.3. The largest absolute Gasteiger partial charge is 0.337 e. The molecule has 3 aromatic rings. The van der Waals surface area contributed by atoms with Gasteiger partial charge in [-0.2, -0.15) is 10.1 Å². The molecule has 1 atom stereocenters. The van der Waals surface area contributed by atoms with Gasteiger partial charge in [0.2, 0.25) is 0 Å². The summed E-state index contributed by atoms with van der Waals surface area (Å²) in [5.74, 6) is 0.945. The number of aromatic nitrogens is 4. The molecule has 0 bridgehead atoms. The lowest BCUT2D eigenvalue weighted by molar-refractivity contribution is -0.386. The van der Waals surface area contributed by atoms with Gasteiger partial charge in [0.15, 0.2) is 5.82 Å². The fourth-order valence-corrected chi connectivity index (χ4v) is 2.69. The molecule has 8 nitrogen and oxygen atoms in total. The highest BCUT2D eigenvalue weighted by Gasteiger charge is 2.27. The van der Waals surface area contributed by atoms with Crippen LogP contribution in [0.25, 0.3) is 0 Å². The highest BCUT2D eigenvalue weighted by Crippen LogP contribution is 2.27. The van der Waals surface area contributed by atoms with Gasteiger partial charge in [-0.15, -0.1) is 0 Å². The maximum absolute atomic E-state index is 11.1. The Morgan fingerprint density at radius 2 is 2.00 bits per heavy atom. The number of nitrogens with zero attached hydrogens (tertiary/aromatic N) is 5. The standard InChI is InChI=1S/C16H17N5O3/c1-10-15(21(22)23)11(2)20(18-10)12(3)16-17-14(19-24-16)9-13-7-5-4-6-8-13/h4-8,12H,9H2,1-3H3/t12-/m1/s1. The maximum Gasteiger partial charge on any atom is 0.312 e. The average Bonchev–Trinajstić information content (AvgIpc) is 3.12. The van der Waals surface area contributed by atoms with Gasteiger partial charge in [0.05, 0.1) is 4.92 Å². The third-order valence-electron chi connectivity index (χ3n) is 3.88. The summed E-state index contributed by atoms with van der Waals surface area (Å²) in [6.45, 7) is 5.10. The van der Waals surface area contributed by atoms with Crippen LogP contribution in [-0.2, 0) is 6.42 Å². The van der Waals surface area contributed by atoms with Gasteiger partial charge >= 0.3 is 5.69 Å². The molecule has 0 fully saturated rings. The van der Waals surface area contributed by atoms with Crippen molar-refractivity contribution in [2.75, 3.05) is 0 Å². The molecular weight excluding hydrogens is 310 g/mol. The third kappa shape index (κ3) is 2.90. The van der Waals surface area contributed by atoms with Crippen molar-refractivity contribution >= 4 is 5.69 Å². The zero-order valence-corrected chi connectivity index (χ0v) is 13.6. The molecule has 1 aromatic carbocycles. The summed E-state index contributed by atoms with van der Waals surface area (Å²) >= 11 is 0. The zero-order valence-electron chi connectivity index (χ0n) is 13.6. The Bertz CT molecular complexity index is 869. The van der Waals surface area contributed by atoms with Gasteiger partial charge in [-0.05, 0) is 26.3 Å². The van der Waals surface area contributed by atoms with Gasteiger partial charge in [0.1, 0.15) is 17.4 Å². The van der Waals surface area contributed by atoms with E-state index in [4.69, 9.17) is 4.52 Å². The van der Waals surface area contributed by atoms with E-state index < -0.39 is 4.92 Å². The smallest absolute Gasteiger partial charge is 0.312 e. The summed E-state index contributed by atoms with van der Waals surface area (Å²) in [4.78, 5) is 15.1. The van der Waals surface area contributed by atoms with Crippen molar-refractivity contribution in [1.29, 1.82) is 0 Å². The summed E-state index contributed by atoms with van der Waals surface area (Å²) in [7, 11) is 0. The molecule has 3 rings (SSSR count). The van der Waals surface area contributed by atoms with Gasteiger partial charge in [-0.25, -0.2) is 0 Å². The highest BCUT2D eigenvalue weighted by atomic mass is 16.6. The van der Waals surface area contributed by atoms with Gasteiger partial charge in [-0.1, -0.05) is 35.5 Å². The predicted molar refractivity (Wildman–Crippen MR) is 85.7 cm³/mol. The summed E-state index contributed by atoms with van der Waals surface area (Å²) in [5.41, 5.74) is 1.94. The molecule has 0 aliphatic heterocycles. The average molecular weight is 327 g/mol. The number of hydrogen-bond donors (Lipinski definition) is 0. The minimum absolute atomic E-state index is 0.0193. The predicted octanol–water partition coefficient (Wildman–Crippen LogP) is 2.99. The van der Waals surface area contributed by atoms with Gasteiger partial charge in [-0.3, -0.25) is 14.8 Å². The summed E-state index contributed by atoms with van der Waals surface area (Å²) < 4.78 is 6.87. The topological polar surface area (TPSA) is 99.9 Å². The van der Waals surface area contributed by atoms with E-state index in [0.29, 0.717) is 29.5 Å². The maximum atomic E-state index is 11.1. The van der Waals surface area contributed by atoms with Crippen LogP contribution >= 0.6 is 0 Å². The number of nitro groups is 1. The molecule has 24 heavy (non-hydrogen) atoms. The Kier molecular flexibility index (Phi) is 4.11. The second-order valence-corrected chi connectivity index (χ2v) is 5.61. The molecule has 2 aromatic heterocycles. The number of rotatable bonds is 5. The van der Waals surface area contributed by atoms with E-state index in [-0.39, 0.29) is 11.7 Å². The minimum Gasteiger partial charge on any atom is -0.337 e. The van der Waals surface area contributed by atoms with Crippen LogP contribution in [0.2, 0.25) is 0 Å². The quantitative estimate of drug-likeness (QED) is 0.527. The molecule has 0 aliphatic rings. The van der Waals surface area contributed by atoms with Gasteiger partial charge in [0, 0.05) is 6.42 Å². The van der Waals surface area contributed by atoms with Crippen molar-refractivity contribution in [3.05, 3.63) is 69.1 Å². The first kappa shape index (κ1) is 15.9. The number of hydrogen-bond acceptors (Lipinski definition) is 6. The Morgan fingerprint density at radius 3 is 2.62 bits per heavy atom. The van der Waals surface area contributed by atoms with Crippen molar-refractivity contribution < 1.29 is 9.45 Å². The van der Waals surface area contributed by atoms with Crippen LogP contribution in [-0.4, -0.2) is 24.8 Å². The summed E-state index contributed by atoms with van der Waals surface area (Å²) in [6, 6.07) is 9.45. The second-order valence-electron chi connectivity index (χ2n) is 5.61. The van der Waals surface area contributed by atoms with Crippen molar-refractivity contribution in [2.24, 2.45) is 0 Å². The molecule has 0 aliphatic carbocycles. The van der Waals surface area contributed by atoms with Crippen LogP contribution in [0.5, 0.6) is 0 Å². The molecule has 0 saturated heterocycles. The third-order valence-corrected chi connectivity index (χ3v) is 3.88. The monoisotopic (exact) mass is 327 g/mol. The van der Waals surface area contributed by atoms with Crippen LogP contribution in [0.15, 0.2) is 34.9 Å². The van der Waals surface area contributed by atoms with Crippen molar-refractivity contribution in [2.45, 2.75) is 33.2 Å². The first-order valence-electron chi connectivity index (χ1n) is 7.54. The molecular formula is C16H17N5O3. The fourth-order valence-electron chi connectivity index (χ4n) is 2.69. The minimum atomic E-state index is -0.421. The lowest BCUT2D eigenvalue weighted by atomic mass is 10.1. The summed E-state index contributed by atoms with van der Waals surface area (Å²) in [6.07, 6.45) is 0.564. The fraction of sp³-hybridized carbons (Fsp3) is 0.312. The van der Waals surface area contributed by atoms with E-state index in [1.807, 2.05) is 37.3 Å². The van der Waals surface area contributed by atoms with Gasteiger partial charge < -0.3 is 4.52 Å². The Balaban J connectivity index is 1.85. The number of benzene rings is 1. The lowest BCUT2D eigenvalue weighted by Crippen LogP contribution is -2.11. The van der Waals surface area contributed by atoms with E-state index in [2.05, 4.69) is 15.2 Å². The van der Waals surface area contributed by atoms with Crippen LogP contribution in [0.4, 0.5) is 5.69 Å². The first-order valence-corrected chi connectivity index (χ1v) is 7.54. The lowest BCUT2D eigenvalue weighted by Gasteiger charge is -2.08. The van der Waals surface area contributed by atoms with E-state index >= 15 is 0 Å². The van der Waals surface area contributed by atoms with E-state index in [9.17, 15) is 10.1 Å². The Hall–Kier alpha value is -3.03. The van der Waals surface area contributed by atoms with Crippen molar-refractivity contribution in [3.8, 4) is 0 Å². The first-order chi connectivity index (χ1) is 11.5. The molecule has 8 heteroatoms. The van der Waals surface area contributed by atoms with Crippen LogP contribution in [0.3, 0.4) is 0 Å². The Labute approximate surface area is 138 Å². The molecule has 2 heterocycles. The second kappa shape index (κ2) is 6.23.